The summed E-state index contributed by atoms with van der Waals surface area (Å²) in [6, 6.07) is 0. The van der Waals surface area contributed by atoms with Crippen LogP contribution in [0.3, 0.4) is 0 Å². The number of hydrogen-bond acceptors (Lipinski definition) is 4. The van der Waals surface area contributed by atoms with Crippen LogP contribution in [0.25, 0.3) is 0 Å². The van der Waals surface area contributed by atoms with Gasteiger partial charge in [0, 0.05) is 26.5 Å². The summed E-state index contributed by atoms with van der Waals surface area (Å²) in [6.45, 7) is 10.3. The molecule has 1 aliphatic rings. The first-order valence-corrected chi connectivity index (χ1v) is 5.27. The van der Waals surface area contributed by atoms with Gasteiger partial charge in [0.05, 0.1) is 0 Å². The fraction of sp³-hybridized carbons (Fsp3) is 0.583. The zero-order chi connectivity index (χ0) is 12.5. The van der Waals surface area contributed by atoms with Crippen molar-refractivity contribution in [3.8, 4) is 0 Å². The fourth-order valence-electron chi connectivity index (χ4n) is 2.26. The number of nitroso groups, excluding NO2 is 2. The van der Waals surface area contributed by atoms with E-state index in [9.17, 15) is 9.81 Å². The van der Waals surface area contributed by atoms with Crippen molar-refractivity contribution < 1.29 is 21.1 Å². The van der Waals surface area contributed by atoms with Gasteiger partial charge < -0.3 is 0 Å². The van der Waals surface area contributed by atoms with Crippen molar-refractivity contribution in [3.05, 3.63) is 38.3 Å². The zero-order valence-corrected chi connectivity index (χ0v) is 13.8. The first kappa shape index (κ1) is 16.2. The second-order valence-electron chi connectivity index (χ2n) is 4.75. The average molecular weight is 405 g/mol. The Morgan fingerprint density at radius 1 is 1.06 bits per heavy atom. The van der Waals surface area contributed by atoms with Gasteiger partial charge in [-0.15, -0.1) is 0 Å². The molecule has 0 heterocycles. The Balaban J connectivity index is 0.00000256. The van der Waals surface area contributed by atoms with E-state index in [1.165, 1.54) is 11.1 Å². The van der Waals surface area contributed by atoms with E-state index in [2.05, 4.69) is 38.0 Å². The first-order valence-electron chi connectivity index (χ1n) is 5.27. The molecule has 0 saturated heterocycles. The van der Waals surface area contributed by atoms with Crippen molar-refractivity contribution in [3.63, 3.8) is 0 Å². The van der Waals surface area contributed by atoms with Crippen molar-refractivity contribution in [2.24, 2.45) is 15.8 Å². The van der Waals surface area contributed by atoms with E-state index < -0.39 is 0 Å². The van der Waals surface area contributed by atoms with Gasteiger partial charge in [-0.2, -0.15) is 9.81 Å². The average Bonchev–Trinajstić information content (AvgIpc) is 2.39. The second-order valence-corrected chi connectivity index (χ2v) is 4.75. The largest absolute Gasteiger partial charge is 0.202 e. The topological polar surface area (TPSA) is 58.9 Å². The van der Waals surface area contributed by atoms with E-state index >= 15 is 0 Å². The molecule has 17 heavy (non-hydrogen) atoms. The Bertz CT molecular complexity index is 389. The van der Waals surface area contributed by atoms with Crippen LogP contribution in [0.15, 0.2) is 32.6 Å². The van der Waals surface area contributed by atoms with Crippen LogP contribution in [0.2, 0.25) is 0 Å². The van der Waals surface area contributed by atoms with Crippen LogP contribution in [0.5, 0.6) is 0 Å². The van der Waals surface area contributed by atoms with Crippen LogP contribution < -0.4 is 0 Å². The Morgan fingerprint density at radius 2 is 1.53 bits per heavy atom. The molecular formula is C12H17N2O2W-. The summed E-state index contributed by atoms with van der Waals surface area (Å²) >= 11 is 0. The molecule has 0 N–H and O–H groups in total. The minimum absolute atomic E-state index is 0. The SMILES string of the molecule is CC1=C(C)C(C)(C)C(C[C-](N=O)N=O)=C1C.[W]. The van der Waals surface area contributed by atoms with Crippen LogP contribution in [0.1, 0.15) is 41.0 Å². The number of nitrogens with zero attached hydrogens (tertiary/aromatic N) is 2. The molecule has 0 bridgehead atoms. The number of rotatable bonds is 4. The number of hydrogen-bond donors (Lipinski definition) is 0. The molecule has 0 aromatic carbocycles. The molecule has 5 heteroatoms. The summed E-state index contributed by atoms with van der Waals surface area (Å²) in [4.78, 5) is 20.8. The fourth-order valence-corrected chi connectivity index (χ4v) is 2.26. The summed E-state index contributed by atoms with van der Waals surface area (Å²) in [5, 5.41) is 5.31. The van der Waals surface area contributed by atoms with E-state index in [-0.39, 0.29) is 39.1 Å². The van der Waals surface area contributed by atoms with Crippen molar-refractivity contribution in [1.29, 1.82) is 0 Å². The summed E-state index contributed by atoms with van der Waals surface area (Å²) in [5.74, 6) is 0. The molecule has 0 atom stereocenters. The predicted octanol–water partition coefficient (Wildman–Crippen LogP) is 4.09. The Morgan fingerprint density at radius 3 is 1.82 bits per heavy atom. The normalized spacial score (nSPS) is 17.9. The third-order valence-electron chi connectivity index (χ3n) is 3.82. The quantitative estimate of drug-likeness (QED) is 0.523. The molecular weight excluding hydrogens is 388 g/mol. The predicted molar refractivity (Wildman–Crippen MR) is 64.3 cm³/mol. The van der Waals surface area contributed by atoms with Gasteiger partial charge in [-0.05, 0) is 26.3 Å². The molecule has 1 rings (SSSR count). The van der Waals surface area contributed by atoms with E-state index in [4.69, 9.17) is 0 Å². The zero-order valence-electron chi connectivity index (χ0n) is 10.8. The van der Waals surface area contributed by atoms with E-state index in [0.717, 1.165) is 11.1 Å². The van der Waals surface area contributed by atoms with Crippen molar-refractivity contribution in [2.75, 3.05) is 0 Å². The Labute approximate surface area is 116 Å². The van der Waals surface area contributed by atoms with Crippen molar-refractivity contribution >= 4 is 0 Å². The molecule has 0 amide bonds. The van der Waals surface area contributed by atoms with Crippen molar-refractivity contribution in [2.45, 2.75) is 41.0 Å². The van der Waals surface area contributed by atoms with E-state index in [0.29, 0.717) is 0 Å². The van der Waals surface area contributed by atoms with Gasteiger partial charge in [-0.25, -0.2) is 10.4 Å². The maximum atomic E-state index is 10.4. The minimum Gasteiger partial charge on any atom is -0.202 e. The molecule has 0 aromatic rings. The minimum atomic E-state index is -0.176. The number of allylic oxidation sites excluding steroid dienone is 3. The van der Waals surface area contributed by atoms with Gasteiger partial charge in [-0.3, -0.25) is 0 Å². The van der Waals surface area contributed by atoms with Crippen LogP contribution in [-0.4, -0.2) is 0 Å². The molecule has 0 spiro atoms. The smallest absolute Gasteiger partial charge is 0.00503 e. The molecule has 0 radical (unpaired) electrons. The maximum Gasteiger partial charge on any atom is 0.00503 e. The van der Waals surface area contributed by atoms with Gasteiger partial charge in [0.1, 0.15) is 0 Å². The molecule has 1 aliphatic carbocycles. The van der Waals surface area contributed by atoms with Crippen LogP contribution in [0.4, 0.5) is 0 Å². The molecule has 94 valence electrons. The van der Waals surface area contributed by atoms with Gasteiger partial charge in [-0.1, -0.05) is 43.2 Å². The third-order valence-corrected chi connectivity index (χ3v) is 3.82. The Hall–Kier alpha value is -0.762. The molecule has 0 aliphatic heterocycles. The standard InChI is InChI=1S/C12H17N2O2.W/c1-7-8(2)10(6-11(13-15)14-16)12(4,5)9(7)3;/h6H2,1-5H3;/q-1;. The summed E-state index contributed by atoms with van der Waals surface area (Å²) < 4.78 is 0. The van der Waals surface area contributed by atoms with Crippen LogP contribution in [0, 0.1) is 21.4 Å². The molecule has 0 unspecified atom stereocenters. The van der Waals surface area contributed by atoms with Gasteiger partial charge >= 0.3 is 0 Å². The van der Waals surface area contributed by atoms with Gasteiger partial charge in [0.2, 0.25) is 0 Å². The Kier molecular flexibility index (Phi) is 5.46. The summed E-state index contributed by atoms with van der Waals surface area (Å²) in [5.41, 5.74) is 4.60. The maximum absolute atomic E-state index is 10.4. The molecule has 0 fully saturated rings. The second kappa shape index (κ2) is 5.72. The van der Waals surface area contributed by atoms with E-state index in [1.54, 1.807) is 0 Å². The van der Waals surface area contributed by atoms with Crippen LogP contribution >= 0.6 is 0 Å². The molecule has 0 saturated carbocycles. The molecule has 4 nitrogen and oxygen atoms in total. The summed E-state index contributed by atoms with van der Waals surface area (Å²) in [6.07, 6.45) is 0.0745. The third kappa shape index (κ3) is 2.74. The van der Waals surface area contributed by atoms with E-state index in [1.807, 2.05) is 6.92 Å². The monoisotopic (exact) mass is 405 g/mol. The van der Waals surface area contributed by atoms with Gasteiger partial charge in [0.25, 0.3) is 0 Å². The van der Waals surface area contributed by atoms with Crippen molar-refractivity contribution in [1.82, 2.24) is 0 Å². The first-order chi connectivity index (χ1) is 7.36. The summed E-state index contributed by atoms with van der Waals surface area (Å²) in [7, 11) is 0. The molecule has 0 aromatic heterocycles. The van der Waals surface area contributed by atoms with Gasteiger partial charge in [0.15, 0.2) is 0 Å². The van der Waals surface area contributed by atoms with Crippen LogP contribution in [-0.2, 0) is 21.1 Å².